The zero-order chi connectivity index (χ0) is 27.7. The monoisotopic (exact) mass is 519 g/mol. The van der Waals surface area contributed by atoms with Gasteiger partial charge < -0.3 is 29.4 Å². The Morgan fingerprint density at radius 2 is 1.87 bits per heavy atom. The van der Waals surface area contributed by atoms with Crippen LogP contribution in [0.25, 0.3) is 11.0 Å². The molecule has 3 N–H and O–H groups in total. The van der Waals surface area contributed by atoms with Crippen LogP contribution in [0.15, 0.2) is 59.2 Å². The van der Waals surface area contributed by atoms with Crippen LogP contribution in [0.3, 0.4) is 0 Å². The van der Waals surface area contributed by atoms with Crippen LogP contribution in [-0.2, 0) is 28.8 Å². The Hall–Kier alpha value is -3.81. The predicted octanol–water partition coefficient (Wildman–Crippen LogP) is 3.12. The first kappa shape index (κ1) is 28.8. The number of nitrogens with one attached hydrogen (secondary N) is 1. The number of rotatable bonds is 12. The van der Waals surface area contributed by atoms with Crippen LogP contribution in [0.4, 0.5) is 4.79 Å². The number of para-hydroxylation sites is 1. The van der Waals surface area contributed by atoms with Crippen molar-refractivity contribution in [1.82, 2.24) is 10.2 Å². The Morgan fingerprint density at radius 3 is 2.55 bits per heavy atom. The molecular formula is C28H34BN3O6. The molecule has 0 spiro atoms. The third-order valence-corrected chi connectivity index (χ3v) is 6.62. The van der Waals surface area contributed by atoms with Gasteiger partial charge in [-0.1, -0.05) is 55.8 Å². The van der Waals surface area contributed by atoms with Crippen molar-refractivity contribution in [1.29, 1.82) is 5.26 Å². The first-order chi connectivity index (χ1) is 18.2. The van der Waals surface area contributed by atoms with Gasteiger partial charge in [0.25, 0.3) is 0 Å². The third-order valence-electron chi connectivity index (χ3n) is 6.62. The van der Waals surface area contributed by atoms with Crippen LogP contribution >= 0.6 is 0 Å². The van der Waals surface area contributed by atoms with Crippen molar-refractivity contribution in [2.75, 3.05) is 20.7 Å². The van der Waals surface area contributed by atoms with Crippen LogP contribution in [0.5, 0.6) is 0 Å². The Bertz CT molecular complexity index is 1270. The molecule has 200 valence electrons. The van der Waals surface area contributed by atoms with Crippen molar-refractivity contribution in [3.63, 3.8) is 0 Å². The van der Waals surface area contributed by atoms with Crippen molar-refractivity contribution in [2.24, 2.45) is 11.8 Å². The molecule has 3 aromatic rings. The second kappa shape index (κ2) is 13.7. The molecule has 3 atom stereocenters. The van der Waals surface area contributed by atoms with Crippen molar-refractivity contribution in [2.45, 2.75) is 38.5 Å². The normalized spacial score (nSPS) is 13.3. The molecule has 0 fully saturated rings. The topological polar surface area (TPSA) is 136 Å². The Labute approximate surface area is 223 Å². The number of benzene rings is 2. The fourth-order valence-corrected chi connectivity index (χ4v) is 4.47. The van der Waals surface area contributed by atoms with E-state index in [0.717, 1.165) is 22.1 Å². The molecule has 0 saturated heterocycles. The van der Waals surface area contributed by atoms with Crippen LogP contribution in [-0.4, -0.2) is 60.7 Å². The number of furan rings is 1. The van der Waals surface area contributed by atoms with Crippen molar-refractivity contribution < 1.29 is 28.8 Å². The lowest BCUT2D eigenvalue weighted by molar-refractivity contribution is -0.132. The van der Waals surface area contributed by atoms with E-state index in [0.29, 0.717) is 24.8 Å². The highest BCUT2D eigenvalue weighted by molar-refractivity contribution is 6.43. The highest BCUT2D eigenvalue weighted by atomic mass is 16.5. The van der Waals surface area contributed by atoms with E-state index in [-0.39, 0.29) is 24.9 Å². The van der Waals surface area contributed by atoms with E-state index >= 15 is 0 Å². The molecule has 3 rings (SSSR count). The van der Waals surface area contributed by atoms with Gasteiger partial charge in [-0.25, -0.2) is 4.79 Å². The van der Waals surface area contributed by atoms with Crippen molar-refractivity contribution in [3.05, 3.63) is 71.5 Å². The number of carbonyl (C=O) groups excluding carboxylic acids is 2. The van der Waals surface area contributed by atoms with Gasteiger partial charge in [-0.05, 0) is 41.5 Å². The molecule has 1 heterocycles. The maximum absolute atomic E-state index is 12.4. The quantitative estimate of drug-likeness (QED) is 0.313. The Kier molecular flexibility index (Phi) is 10.3. The maximum Gasteiger partial charge on any atom is 0.475 e. The molecule has 2 aromatic carbocycles. The van der Waals surface area contributed by atoms with E-state index in [4.69, 9.17) is 9.15 Å². The van der Waals surface area contributed by atoms with Gasteiger partial charge in [-0.15, -0.1) is 0 Å². The molecule has 10 heteroatoms. The second-order valence-electron chi connectivity index (χ2n) is 9.54. The van der Waals surface area contributed by atoms with Gasteiger partial charge in [0.2, 0.25) is 5.91 Å². The summed E-state index contributed by atoms with van der Waals surface area (Å²) in [5, 5.41) is 32.5. The predicted molar refractivity (Wildman–Crippen MR) is 144 cm³/mol. The number of nitriles is 1. The number of nitrogens with zero attached hydrogens (tertiary/aromatic N) is 2. The average molecular weight is 519 g/mol. The average Bonchev–Trinajstić information content (AvgIpc) is 3.31. The molecule has 0 saturated carbocycles. The summed E-state index contributed by atoms with van der Waals surface area (Å²) < 4.78 is 10.8. The van der Waals surface area contributed by atoms with Crippen LogP contribution in [0.2, 0.25) is 0 Å². The summed E-state index contributed by atoms with van der Waals surface area (Å²) in [6, 6.07) is 17.3. The lowest BCUT2D eigenvalue weighted by Crippen LogP contribution is -2.48. The first-order valence-electron chi connectivity index (χ1n) is 12.7. The van der Waals surface area contributed by atoms with Gasteiger partial charge >= 0.3 is 13.2 Å². The van der Waals surface area contributed by atoms with E-state index < -0.39 is 25.1 Å². The molecule has 2 amide bonds. The molecule has 2 unspecified atom stereocenters. The molecule has 0 aliphatic carbocycles. The van der Waals surface area contributed by atoms with Gasteiger partial charge in [-0.3, -0.25) is 4.79 Å². The lowest BCUT2D eigenvalue weighted by atomic mass is 9.76. The van der Waals surface area contributed by atoms with Crippen LogP contribution in [0.1, 0.15) is 30.0 Å². The third kappa shape index (κ3) is 7.60. The van der Waals surface area contributed by atoms with Gasteiger partial charge in [0, 0.05) is 25.9 Å². The fourth-order valence-electron chi connectivity index (χ4n) is 4.47. The van der Waals surface area contributed by atoms with E-state index in [1.54, 1.807) is 20.4 Å². The fraction of sp³-hybridized carbons (Fsp3) is 0.393. The Morgan fingerprint density at radius 1 is 1.13 bits per heavy atom. The first-order valence-corrected chi connectivity index (χ1v) is 12.7. The zero-order valence-corrected chi connectivity index (χ0v) is 22.0. The van der Waals surface area contributed by atoms with Gasteiger partial charge in [0.15, 0.2) is 0 Å². The van der Waals surface area contributed by atoms with E-state index in [1.807, 2.05) is 55.5 Å². The summed E-state index contributed by atoms with van der Waals surface area (Å²) in [5.74, 6) is -1.99. The minimum Gasteiger partial charge on any atom is -0.464 e. The molecule has 0 bridgehead atoms. The van der Waals surface area contributed by atoms with E-state index in [2.05, 4.69) is 11.4 Å². The van der Waals surface area contributed by atoms with E-state index in [1.165, 1.54) is 4.90 Å². The molecule has 0 radical (unpaired) electrons. The number of hydrogen-bond donors (Lipinski definition) is 3. The standard InChI is InChI=1S/C28H34BN3O6/c1-4-21(24(17-30)27(33)32(2)3)15-20-9-7-8-19(14-20)12-13-37-28(34)31-26(29(35)36)16-22-18-38-25-11-6-5-10-23(22)25/h5-11,14,18,21,24,26,35-36H,4,12-13,15-16H2,1-3H3,(H,31,34)/t21?,24?,26-/m0/s1. The highest BCUT2D eigenvalue weighted by Gasteiger charge is 2.29. The summed E-state index contributed by atoms with van der Waals surface area (Å²) in [7, 11) is 1.52. The number of alkyl carbamates (subject to hydrolysis) is 1. The van der Waals surface area contributed by atoms with Gasteiger partial charge in [0.05, 0.1) is 24.9 Å². The maximum atomic E-state index is 12.4. The van der Waals surface area contributed by atoms with E-state index in [9.17, 15) is 24.9 Å². The minimum absolute atomic E-state index is 0.0926. The molecular weight excluding hydrogens is 485 g/mol. The summed E-state index contributed by atoms with van der Waals surface area (Å²) in [6.07, 6.45) is 2.68. The summed E-state index contributed by atoms with van der Waals surface area (Å²) in [5.41, 5.74) is 3.37. The largest absolute Gasteiger partial charge is 0.475 e. The lowest BCUT2D eigenvalue weighted by Gasteiger charge is -2.23. The molecule has 9 nitrogen and oxygen atoms in total. The van der Waals surface area contributed by atoms with Crippen molar-refractivity contribution in [3.8, 4) is 6.07 Å². The summed E-state index contributed by atoms with van der Waals surface area (Å²) >= 11 is 0. The van der Waals surface area contributed by atoms with Crippen LogP contribution < -0.4 is 5.32 Å². The Balaban J connectivity index is 1.54. The summed E-state index contributed by atoms with van der Waals surface area (Å²) in [4.78, 5) is 26.2. The smallest absolute Gasteiger partial charge is 0.464 e. The number of fused-ring (bicyclic) bond motifs is 1. The van der Waals surface area contributed by atoms with Gasteiger partial charge in [-0.2, -0.15) is 5.26 Å². The van der Waals surface area contributed by atoms with Gasteiger partial charge in [0.1, 0.15) is 11.5 Å². The second-order valence-corrected chi connectivity index (χ2v) is 9.54. The molecule has 38 heavy (non-hydrogen) atoms. The molecule has 0 aliphatic heterocycles. The number of hydrogen-bond acceptors (Lipinski definition) is 7. The minimum atomic E-state index is -1.78. The zero-order valence-electron chi connectivity index (χ0n) is 22.0. The highest BCUT2D eigenvalue weighted by Crippen LogP contribution is 2.24. The summed E-state index contributed by atoms with van der Waals surface area (Å²) in [6.45, 7) is 2.06. The number of ether oxygens (including phenoxy) is 1. The molecule has 1 aromatic heterocycles. The SMILES string of the molecule is CCC(Cc1cccc(CCOC(=O)N[C@@H](Cc2coc3ccccc23)B(O)O)c1)C(C#N)C(=O)N(C)C. The number of amides is 2. The van der Waals surface area contributed by atoms with Crippen molar-refractivity contribution >= 4 is 30.1 Å². The molecule has 0 aliphatic rings. The van der Waals surface area contributed by atoms with Crippen LogP contribution in [0, 0.1) is 23.2 Å². The number of carbonyl (C=O) groups is 2.